The summed E-state index contributed by atoms with van der Waals surface area (Å²) in [6.45, 7) is 2.78. The van der Waals surface area contributed by atoms with E-state index in [9.17, 15) is 22.8 Å². The lowest BCUT2D eigenvalue weighted by molar-refractivity contribution is -0.143. The molecule has 28 heavy (non-hydrogen) atoms. The molecule has 1 aromatic carbocycles. The highest BCUT2D eigenvalue weighted by molar-refractivity contribution is 5.83. The number of rotatable bonds is 2. The van der Waals surface area contributed by atoms with E-state index in [0.29, 0.717) is 19.5 Å². The van der Waals surface area contributed by atoms with Crippen LogP contribution in [0.15, 0.2) is 18.2 Å². The van der Waals surface area contributed by atoms with E-state index in [1.165, 1.54) is 13.0 Å². The van der Waals surface area contributed by atoms with E-state index in [1.807, 2.05) is 4.90 Å². The van der Waals surface area contributed by atoms with Crippen LogP contribution >= 0.6 is 0 Å². The van der Waals surface area contributed by atoms with Crippen molar-refractivity contribution in [2.75, 3.05) is 13.1 Å². The third-order valence-electron chi connectivity index (χ3n) is 6.69. The molecule has 7 heteroatoms. The van der Waals surface area contributed by atoms with Gasteiger partial charge in [0.1, 0.15) is 0 Å². The number of hydrogen-bond acceptors (Lipinski definition) is 2. The van der Waals surface area contributed by atoms with Crippen LogP contribution in [0.4, 0.5) is 13.2 Å². The molecule has 1 saturated carbocycles. The zero-order chi connectivity index (χ0) is 20.1. The Bertz CT molecular complexity index is 791. The fourth-order valence-electron chi connectivity index (χ4n) is 5.09. The van der Waals surface area contributed by atoms with Crippen LogP contribution in [0.1, 0.15) is 61.1 Å². The first kappa shape index (κ1) is 19.3. The van der Waals surface area contributed by atoms with Crippen LogP contribution in [-0.2, 0) is 15.8 Å². The summed E-state index contributed by atoms with van der Waals surface area (Å²) in [7, 11) is 0. The number of carbonyl (C=O) groups excluding carboxylic acids is 2. The molecule has 2 heterocycles. The number of amides is 2. The molecule has 2 saturated heterocycles. The van der Waals surface area contributed by atoms with Crippen LogP contribution in [0.2, 0.25) is 0 Å². The Kier molecular flexibility index (Phi) is 4.67. The Morgan fingerprint density at radius 3 is 2.43 bits per heavy atom. The number of alkyl halides is 3. The number of halogens is 3. The van der Waals surface area contributed by atoms with Gasteiger partial charge in [-0.3, -0.25) is 9.59 Å². The Morgan fingerprint density at radius 1 is 1.21 bits per heavy atom. The fourth-order valence-corrected chi connectivity index (χ4v) is 5.09. The highest BCUT2D eigenvalue weighted by Crippen LogP contribution is 2.45. The van der Waals surface area contributed by atoms with Gasteiger partial charge in [0.05, 0.1) is 5.56 Å². The van der Waals surface area contributed by atoms with E-state index in [1.54, 1.807) is 12.1 Å². The predicted octanol–water partition coefficient (Wildman–Crippen LogP) is 3.78. The van der Waals surface area contributed by atoms with Gasteiger partial charge in [0, 0.05) is 31.0 Å². The quantitative estimate of drug-likeness (QED) is 0.830. The van der Waals surface area contributed by atoms with E-state index in [0.717, 1.165) is 37.7 Å². The number of benzene rings is 1. The van der Waals surface area contributed by atoms with Crippen molar-refractivity contribution in [2.24, 2.45) is 5.92 Å². The average molecular weight is 394 g/mol. The molecule has 1 aliphatic carbocycles. The number of piperidine rings is 1. The molecule has 2 amide bonds. The second-order valence-electron chi connectivity index (χ2n) is 8.61. The van der Waals surface area contributed by atoms with E-state index in [2.05, 4.69) is 5.32 Å². The monoisotopic (exact) mass is 394 g/mol. The topological polar surface area (TPSA) is 49.4 Å². The van der Waals surface area contributed by atoms with Gasteiger partial charge >= 0.3 is 6.18 Å². The number of nitrogens with one attached hydrogen (secondary N) is 1. The van der Waals surface area contributed by atoms with Crippen LogP contribution in [-0.4, -0.2) is 35.3 Å². The highest BCUT2D eigenvalue weighted by atomic mass is 19.4. The molecule has 0 atom stereocenters. The lowest BCUT2D eigenvalue weighted by Crippen LogP contribution is -2.57. The van der Waals surface area contributed by atoms with Crippen LogP contribution in [0.3, 0.4) is 0 Å². The molecule has 152 valence electrons. The number of nitrogens with zero attached hydrogens (tertiary/aromatic N) is 1. The minimum Gasteiger partial charge on any atom is -0.351 e. The van der Waals surface area contributed by atoms with Crippen molar-refractivity contribution in [3.8, 4) is 0 Å². The maximum Gasteiger partial charge on any atom is 0.416 e. The Labute approximate surface area is 162 Å². The molecule has 4 rings (SSSR count). The summed E-state index contributed by atoms with van der Waals surface area (Å²) in [6, 6.07) is 4.39. The van der Waals surface area contributed by atoms with Gasteiger partial charge in [-0.1, -0.05) is 12.1 Å². The number of carbonyl (C=O) groups is 2. The molecule has 0 aromatic heterocycles. The molecule has 3 aliphatic rings. The summed E-state index contributed by atoms with van der Waals surface area (Å²) >= 11 is 0. The zero-order valence-electron chi connectivity index (χ0n) is 15.9. The van der Waals surface area contributed by atoms with Gasteiger partial charge in [-0.05, 0) is 62.1 Å². The maximum absolute atomic E-state index is 12.9. The summed E-state index contributed by atoms with van der Waals surface area (Å²) in [5.74, 6) is 0.419. The second-order valence-corrected chi connectivity index (χ2v) is 8.61. The maximum atomic E-state index is 12.9. The van der Waals surface area contributed by atoms with Crippen molar-refractivity contribution in [3.05, 3.63) is 34.9 Å². The highest BCUT2D eigenvalue weighted by Gasteiger charge is 2.51. The van der Waals surface area contributed by atoms with Crippen molar-refractivity contribution >= 4 is 11.8 Å². The molecule has 2 aliphatic heterocycles. The molecule has 0 radical (unpaired) electrons. The standard InChI is InChI=1S/C21H25F3N2O2/c1-13-10-15(2-3-17(13)21(22,23)24)14-5-8-26(9-6-14)19(28)16-11-20(12-16)7-4-18(27)25-20/h2-3,10,14,16H,4-9,11-12H2,1H3,(H,25,27)/t16-,20+. The molecule has 0 bridgehead atoms. The van der Waals surface area contributed by atoms with E-state index < -0.39 is 11.7 Å². The minimum atomic E-state index is -4.32. The molecule has 4 nitrogen and oxygen atoms in total. The Morgan fingerprint density at radius 2 is 1.89 bits per heavy atom. The Hall–Kier alpha value is -2.05. The summed E-state index contributed by atoms with van der Waals surface area (Å²) in [5, 5.41) is 3.01. The van der Waals surface area contributed by atoms with Crippen LogP contribution in [0.5, 0.6) is 0 Å². The molecule has 1 N–H and O–H groups in total. The lowest BCUT2D eigenvalue weighted by atomic mass is 9.67. The van der Waals surface area contributed by atoms with E-state index in [-0.39, 0.29) is 34.8 Å². The van der Waals surface area contributed by atoms with Crippen molar-refractivity contribution in [3.63, 3.8) is 0 Å². The van der Waals surface area contributed by atoms with Gasteiger partial charge in [-0.15, -0.1) is 0 Å². The summed E-state index contributed by atoms with van der Waals surface area (Å²) < 4.78 is 38.8. The van der Waals surface area contributed by atoms with Gasteiger partial charge in [-0.2, -0.15) is 13.2 Å². The molecular formula is C21H25F3N2O2. The van der Waals surface area contributed by atoms with Crippen LogP contribution < -0.4 is 5.32 Å². The molecule has 3 fully saturated rings. The third kappa shape index (κ3) is 3.51. The molecule has 1 spiro atoms. The van der Waals surface area contributed by atoms with Gasteiger partial charge in [-0.25, -0.2) is 0 Å². The first-order chi connectivity index (χ1) is 13.2. The van der Waals surface area contributed by atoms with Gasteiger partial charge in [0.15, 0.2) is 0 Å². The van der Waals surface area contributed by atoms with Crippen LogP contribution in [0.25, 0.3) is 0 Å². The fraction of sp³-hybridized carbons (Fsp3) is 0.619. The molecule has 0 unspecified atom stereocenters. The van der Waals surface area contributed by atoms with E-state index in [4.69, 9.17) is 0 Å². The zero-order valence-corrected chi connectivity index (χ0v) is 15.9. The smallest absolute Gasteiger partial charge is 0.351 e. The van der Waals surface area contributed by atoms with Gasteiger partial charge in [0.2, 0.25) is 11.8 Å². The average Bonchev–Trinajstić information content (AvgIpc) is 3.01. The summed E-state index contributed by atoms with van der Waals surface area (Å²) in [4.78, 5) is 26.1. The van der Waals surface area contributed by atoms with Crippen LogP contribution in [0, 0.1) is 12.8 Å². The van der Waals surface area contributed by atoms with E-state index >= 15 is 0 Å². The second kappa shape index (κ2) is 6.78. The minimum absolute atomic E-state index is 0.0109. The lowest BCUT2D eigenvalue weighted by Gasteiger charge is -2.46. The largest absolute Gasteiger partial charge is 0.416 e. The van der Waals surface area contributed by atoms with Gasteiger partial charge in [0.25, 0.3) is 0 Å². The number of likely N-dealkylation sites (tertiary alicyclic amines) is 1. The normalized spacial score (nSPS) is 28.4. The van der Waals surface area contributed by atoms with Gasteiger partial charge < -0.3 is 10.2 Å². The Balaban J connectivity index is 1.32. The number of aryl methyl sites for hydroxylation is 1. The summed E-state index contributed by atoms with van der Waals surface area (Å²) in [5.41, 5.74) is 0.450. The van der Waals surface area contributed by atoms with Crippen molar-refractivity contribution in [1.82, 2.24) is 10.2 Å². The first-order valence-corrected chi connectivity index (χ1v) is 9.94. The first-order valence-electron chi connectivity index (χ1n) is 9.94. The third-order valence-corrected chi connectivity index (χ3v) is 6.69. The molecule has 1 aromatic rings. The molecular weight excluding hydrogens is 369 g/mol. The summed E-state index contributed by atoms with van der Waals surface area (Å²) in [6.07, 6.45) is 0.0582. The SMILES string of the molecule is Cc1cc(C2CCN(C(=O)[C@H]3C[C@]4(CCC(=O)N4)C3)CC2)ccc1C(F)(F)F. The number of hydrogen-bond donors (Lipinski definition) is 1. The van der Waals surface area contributed by atoms with Crippen molar-refractivity contribution in [1.29, 1.82) is 0 Å². The van der Waals surface area contributed by atoms with Crippen molar-refractivity contribution in [2.45, 2.75) is 63.1 Å². The predicted molar refractivity (Wildman–Crippen MR) is 97.6 cm³/mol. The van der Waals surface area contributed by atoms with Crippen molar-refractivity contribution < 1.29 is 22.8 Å².